The summed E-state index contributed by atoms with van der Waals surface area (Å²) in [6.07, 6.45) is 5.48. The van der Waals surface area contributed by atoms with Gasteiger partial charge in [-0.1, -0.05) is 0 Å². The van der Waals surface area contributed by atoms with Crippen LogP contribution in [0, 0.1) is 0 Å². The highest BCUT2D eigenvalue weighted by Crippen LogP contribution is 2.22. The summed E-state index contributed by atoms with van der Waals surface area (Å²) in [4.78, 5) is 10.5. The first-order valence-electron chi connectivity index (χ1n) is 7.85. The number of H-pyrrole nitrogens is 1. The number of aromatic nitrogens is 2. The molecule has 1 fully saturated rings. The van der Waals surface area contributed by atoms with E-state index < -0.39 is 0 Å². The van der Waals surface area contributed by atoms with Crippen molar-refractivity contribution < 1.29 is 5.11 Å². The lowest BCUT2D eigenvalue weighted by Gasteiger charge is -2.23. The summed E-state index contributed by atoms with van der Waals surface area (Å²) in [5.74, 6) is 1.03. The minimum Gasteiger partial charge on any atom is -0.399 e. The van der Waals surface area contributed by atoms with E-state index in [4.69, 9.17) is 10.8 Å². The van der Waals surface area contributed by atoms with Crippen LogP contribution < -0.4 is 5.73 Å². The number of rotatable bonds is 6. The summed E-state index contributed by atoms with van der Waals surface area (Å²) >= 11 is 0. The maximum absolute atomic E-state index is 8.98. The Morgan fingerprint density at radius 2 is 2.33 bits per heavy atom. The average Bonchev–Trinajstić information content (AvgIpc) is 3.08. The summed E-state index contributed by atoms with van der Waals surface area (Å²) in [5.41, 5.74) is 8.56. The van der Waals surface area contributed by atoms with E-state index in [-0.39, 0.29) is 0 Å². The van der Waals surface area contributed by atoms with Gasteiger partial charge in [-0.25, -0.2) is 4.98 Å². The third-order valence-electron chi connectivity index (χ3n) is 4.39. The Hall–Kier alpha value is -1.59. The highest BCUT2D eigenvalue weighted by atomic mass is 16.2. The fourth-order valence-electron chi connectivity index (χ4n) is 3.29. The molecule has 3 rings (SSSR count). The van der Waals surface area contributed by atoms with Gasteiger partial charge in [-0.15, -0.1) is 0 Å². The Bertz CT molecular complexity index is 595. The zero-order valence-corrected chi connectivity index (χ0v) is 12.4. The van der Waals surface area contributed by atoms with Gasteiger partial charge < -0.3 is 15.8 Å². The first-order chi connectivity index (χ1) is 10.3. The quantitative estimate of drug-likeness (QED) is 0.710. The molecule has 0 saturated carbocycles. The molecule has 1 aliphatic rings. The van der Waals surface area contributed by atoms with Gasteiger partial charge in [-0.2, -0.15) is 0 Å². The lowest BCUT2D eigenvalue weighted by atomic mass is 10.1. The number of nitrogens with zero attached hydrogens (tertiary/aromatic N) is 2. The Morgan fingerprint density at radius 1 is 1.43 bits per heavy atom. The van der Waals surface area contributed by atoms with Gasteiger partial charge in [0.05, 0.1) is 11.0 Å². The maximum Gasteiger partial charge on any atom is 0.108 e. The molecule has 4 N–H and O–H groups in total. The Morgan fingerprint density at radius 3 is 3.19 bits per heavy atom. The van der Waals surface area contributed by atoms with Crippen LogP contribution in [0.15, 0.2) is 18.2 Å². The molecular weight excluding hydrogens is 264 g/mol. The molecule has 1 atom stereocenters. The van der Waals surface area contributed by atoms with Gasteiger partial charge in [0, 0.05) is 31.3 Å². The van der Waals surface area contributed by atoms with Gasteiger partial charge in [-0.05, 0) is 50.4 Å². The Balaban J connectivity index is 1.60. The number of nitrogen functional groups attached to an aromatic ring is 1. The number of nitrogens with one attached hydrogen (secondary N) is 1. The SMILES string of the molecule is Nc1ccc2nc(CCN3CCCC3CCCO)[nH]c2c1. The van der Waals surface area contributed by atoms with Crippen LogP contribution in [0.1, 0.15) is 31.5 Å². The van der Waals surface area contributed by atoms with E-state index in [1.54, 1.807) is 0 Å². The molecule has 1 aromatic heterocycles. The number of aromatic amines is 1. The monoisotopic (exact) mass is 288 g/mol. The second kappa shape index (κ2) is 6.45. The summed E-state index contributed by atoms with van der Waals surface area (Å²) in [7, 11) is 0. The summed E-state index contributed by atoms with van der Waals surface area (Å²) in [5, 5.41) is 8.98. The molecule has 0 bridgehead atoms. The van der Waals surface area contributed by atoms with Gasteiger partial charge in [0.1, 0.15) is 5.82 Å². The summed E-state index contributed by atoms with van der Waals surface area (Å²) in [6.45, 7) is 2.50. The zero-order chi connectivity index (χ0) is 14.7. The van der Waals surface area contributed by atoms with Crippen molar-refractivity contribution in [2.24, 2.45) is 0 Å². The molecule has 5 nitrogen and oxygen atoms in total. The van der Waals surface area contributed by atoms with E-state index in [9.17, 15) is 0 Å². The molecule has 0 spiro atoms. The minimum atomic E-state index is 0.301. The molecule has 0 amide bonds. The van der Waals surface area contributed by atoms with E-state index in [1.807, 2.05) is 18.2 Å². The molecule has 0 radical (unpaired) electrons. The predicted octanol–water partition coefficient (Wildman–Crippen LogP) is 1.92. The molecular formula is C16H24N4O. The van der Waals surface area contributed by atoms with Crippen LogP contribution in [-0.2, 0) is 6.42 Å². The fourth-order valence-corrected chi connectivity index (χ4v) is 3.29. The van der Waals surface area contributed by atoms with Crippen molar-refractivity contribution in [1.82, 2.24) is 14.9 Å². The number of aliphatic hydroxyl groups excluding tert-OH is 1. The maximum atomic E-state index is 8.98. The standard InChI is InChI=1S/C16H24N4O/c17-12-5-6-14-15(11-12)19-16(18-14)7-9-20-8-1-3-13(20)4-2-10-21/h5-6,11,13,21H,1-4,7-10,17H2,(H,18,19). The molecule has 2 aromatic rings. The predicted molar refractivity (Wildman–Crippen MR) is 85.1 cm³/mol. The smallest absolute Gasteiger partial charge is 0.108 e. The van der Waals surface area contributed by atoms with Crippen LogP contribution in [0.2, 0.25) is 0 Å². The second-order valence-electron chi connectivity index (χ2n) is 5.91. The summed E-state index contributed by atoms with van der Waals surface area (Å²) in [6, 6.07) is 6.42. The number of imidazole rings is 1. The van der Waals surface area contributed by atoms with E-state index in [1.165, 1.54) is 19.4 Å². The van der Waals surface area contributed by atoms with E-state index in [0.29, 0.717) is 12.6 Å². The zero-order valence-electron chi connectivity index (χ0n) is 12.4. The van der Waals surface area contributed by atoms with Gasteiger partial charge in [-0.3, -0.25) is 4.90 Å². The molecule has 114 valence electrons. The topological polar surface area (TPSA) is 78.2 Å². The molecule has 5 heteroatoms. The molecule has 2 heterocycles. The van der Waals surface area contributed by atoms with E-state index >= 15 is 0 Å². The number of benzene rings is 1. The molecule has 21 heavy (non-hydrogen) atoms. The number of hydrogen-bond donors (Lipinski definition) is 3. The summed E-state index contributed by atoms with van der Waals surface area (Å²) < 4.78 is 0. The van der Waals surface area contributed by atoms with Crippen LogP contribution in [0.4, 0.5) is 5.69 Å². The van der Waals surface area contributed by atoms with Crippen LogP contribution in [0.25, 0.3) is 11.0 Å². The molecule has 1 saturated heterocycles. The highest BCUT2D eigenvalue weighted by molar-refractivity contribution is 5.78. The number of anilines is 1. The third-order valence-corrected chi connectivity index (χ3v) is 4.39. The van der Waals surface area contributed by atoms with E-state index in [2.05, 4.69) is 14.9 Å². The number of nitrogens with two attached hydrogens (primary N) is 1. The minimum absolute atomic E-state index is 0.301. The first kappa shape index (κ1) is 14.4. The van der Waals surface area contributed by atoms with Crippen molar-refractivity contribution in [3.63, 3.8) is 0 Å². The number of aliphatic hydroxyl groups is 1. The Labute approximate surface area is 125 Å². The number of likely N-dealkylation sites (tertiary alicyclic amines) is 1. The molecule has 1 aromatic carbocycles. The first-order valence-corrected chi connectivity index (χ1v) is 7.85. The third kappa shape index (κ3) is 3.36. The van der Waals surface area contributed by atoms with Gasteiger partial charge in [0.25, 0.3) is 0 Å². The van der Waals surface area contributed by atoms with Crippen molar-refractivity contribution in [1.29, 1.82) is 0 Å². The van der Waals surface area contributed by atoms with Gasteiger partial charge in [0.2, 0.25) is 0 Å². The van der Waals surface area contributed by atoms with Gasteiger partial charge in [0.15, 0.2) is 0 Å². The van der Waals surface area contributed by atoms with Crippen LogP contribution in [0.5, 0.6) is 0 Å². The van der Waals surface area contributed by atoms with Crippen LogP contribution in [-0.4, -0.2) is 45.7 Å². The number of hydrogen-bond acceptors (Lipinski definition) is 4. The lowest BCUT2D eigenvalue weighted by Crippen LogP contribution is -2.31. The van der Waals surface area contributed by atoms with Crippen molar-refractivity contribution in [3.8, 4) is 0 Å². The molecule has 0 aliphatic carbocycles. The lowest BCUT2D eigenvalue weighted by molar-refractivity contribution is 0.217. The van der Waals surface area contributed by atoms with Crippen molar-refractivity contribution in [2.75, 3.05) is 25.4 Å². The van der Waals surface area contributed by atoms with Crippen LogP contribution in [0.3, 0.4) is 0 Å². The average molecular weight is 288 g/mol. The van der Waals surface area contributed by atoms with Crippen LogP contribution >= 0.6 is 0 Å². The fraction of sp³-hybridized carbons (Fsp3) is 0.562. The molecule has 1 unspecified atom stereocenters. The Kier molecular flexibility index (Phi) is 4.41. The van der Waals surface area contributed by atoms with Crippen molar-refractivity contribution in [3.05, 3.63) is 24.0 Å². The van der Waals surface area contributed by atoms with Crippen molar-refractivity contribution in [2.45, 2.75) is 38.1 Å². The van der Waals surface area contributed by atoms with Gasteiger partial charge >= 0.3 is 0 Å². The largest absolute Gasteiger partial charge is 0.399 e. The highest BCUT2D eigenvalue weighted by Gasteiger charge is 2.23. The van der Waals surface area contributed by atoms with E-state index in [0.717, 1.165) is 48.4 Å². The normalized spacial score (nSPS) is 19.6. The van der Waals surface area contributed by atoms with Crippen molar-refractivity contribution >= 4 is 16.7 Å². The molecule has 1 aliphatic heterocycles. The number of fused-ring (bicyclic) bond motifs is 1. The second-order valence-corrected chi connectivity index (χ2v) is 5.91.